The van der Waals surface area contributed by atoms with Crippen molar-refractivity contribution in [1.29, 1.82) is 0 Å². The quantitative estimate of drug-likeness (QED) is 0.378. The maximum Gasteiger partial charge on any atom is 0.431 e. The van der Waals surface area contributed by atoms with Crippen molar-refractivity contribution >= 4 is 47.4 Å². The number of thioether (sulfide) groups is 1. The lowest BCUT2D eigenvalue weighted by Crippen LogP contribution is -2.42. The molecular formula is C10H10BrClF4O2S2. The van der Waals surface area contributed by atoms with E-state index in [-0.39, 0.29) is 4.90 Å². The Labute approximate surface area is 131 Å². The van der Waals surface area contributed by atoms with E-state index >= 15 is 0 Å². The first-order valence-corrected chi connectivity index (χ1v) is 9.04. The second-order valence-corrected chi connectivity index (χ2v) is 7.74. The molecule has 1 aromatic rings. The number of alkyl halides is 4. The number of hydrogen-bond acceptors (Lipinski definition) is 3. The van der Waals surface area contributed by atoms with E-state index in [9.17, 15) is 26.0 Å². The van der Waals surface area contributed by atoms with E-state index < -0.39 is 31.3 Å². The average Bonchev–Trinajstić information content (AvgIpc) is 2.33. The summed E-state index contributed by atoms with van der Waals surface area (Å²) in [7, 11) is -1.41. The molecule has 0 saturated carbocycles. The van der Waals surface area contributed by atoms with Crippen molar-refractivity contribution in [2.45, 2.75) is 29.3 Å². The fraction of sp³-hybridized carbons (Fsp3) is 0.400. The number of halogens is 6. The molecule has 0 bridgehead atoms. The molecule has 0 saturated heterocycles. The first-order valence-electron chi connectivity index (χ1n) is 5.12. The molecular weight excluding hydrogens is 408 g/mol. The Bertz CT molecular complexity index is 535. The van der Waals surface area contributed by atoms with Gasteiger partial charge in [-0.15, -0.1) is 0 Å². The molecule has 0 unspecified atom stereocenters. The Morgan fingerprint density at radius 2 is 1.50 bits per heavy atom. The van der Waals surface area contributed by atoms with Crippen molar-refractivity contribution in [2.24, 2.45) is 0 Å². The van der Waals surface area contributed by atoms with Crippen LogP contribution in [-0.4, -0.2) is 18.9 Å². The van der Waals surface area contributed by atoms with E-state index in [1.807, 2.05) is 13.8 Å². The minimum absolute atomic E-state index is 0.219. The molecule has 0 aliphatic heterocycles. The van der Waals surface area contributed by atoms with Gasteiger partial charge in [-0.1, -0.05) is 29.8 Å². The summed E-state index contributed by atoms with van der Waals surface area (Å²) in [6, 6.07) is 4.98. The zero-order chi connectivity index (χ0) is 16.2. The molecule has 0 aliphatic rings. The van der Waals surface area contributed by atoms with Crippen LogP contribution in [0.2, 0.25) is 0 Å². The standard InChI is InChI=1S/C8H4BrClF4O2S2.C2H6/c9-5-1-3-6(4-2-5)17-7(11,12)8(13,14)18(10,15)16;1-2/h1-4H;1-2H3. The Morgan fingerprint density at radius 3 is 1.85 bits per heavy atom. The van der Waals surface area contributed by atoms with Gasteiger partial charge in [-0.05, 0) is 36.0 Å². The van der Waals surface area contributed by atoms with Crippen molar-refractivity contribution < 1.29 is 26.0 Å². The third-order valence-electron chi connectivity index (χ3n) is 1.70. The van der Waals surface area contributed by atoms with Crippen LogP contribution in [0.5, 0.6) is 0 Å². The lowest BCUT2D eigenvalue weighted by molar-refractivity contribution is -0.0886. The molecule has 20 heavy (non-hydrogen) atoms. The summed E-state index contributed by atoms with van der Waals surface area (Å²) in [6.45, 7) is 4.00. The summed E-state index contributed by atoms with van der Waals surface area (Å²) in [4.78, 5) is -0.219. The molecule has 0 aromatic heterocycles. The molecule has 0 fully saturated rings. The average molecular weight is 418 g/mol. The fourth-order valence-corrected chi connectivity index (χ4v) is 2.97. The van der Waals surface area contributed by atoms with E-state index in [2.05, 4.69) is 26.6 Å². The number of benzene rings is 1. The van der Waals surface area contributed by atoms with Crippen molar-refractivity contribution in [3.63, 3.8) is 0 Å². The first kappa shape index (κ1) is 20.0. The van der Waals surface area contributed by atoms with Gasteiger partial charge in [0.25, 0.3) is 0 Å². The summed E-state index contributed by atoms with van der Waals surface area (Å²) in [5.74, 6) is 0. The molecule has 0 radical (unpaired) electrons. The van der Waals surface area contributed by atoms with E-state index in [0.717, 1.165) is 12.1 Å². The zero-order valence-corrected chi connectivity index (χ0v) is 14.2. The molecule has 0 aliphatic carbocycles. The molecule has 10 heteroatoms. The molecule has 0 heterocycles. The van der Waals surface area contributed by atoms with Crippen LogP contribution in [0.15, 0.2) is 33.6 Å². The maximum atomic E-state index is 13.2. The van der Waals surface area contributed by atoms with E-state index in [1.54, 1.807) is 0 Å². The third kappa shape index (κ3) is 4.78. The Balaban J connectivity index is 0.00000172. The summed E-state index contributed by atoms with van der Waals surface area (Å²) in [5, 5.41) is -10.2. The largest absolute Gasteiger partial charge is 0.431 e. The van der Waals surface area contributed by atoms with Crippen LogP contribution >= 0.6 is 38.4 Å². The first-order chi connectivity index (χ1) is 8.97. The predicted octanol–water partition coefficient (Wildman–Crippen LogP) is 5.32. The van der Waals surface area contributed by atoms with Gasteiger partial charge in [-0.25, -0.2) is 8.42 Å². The van der Waals surface area contributed by atoms with E-state index in [0.29, 0.717) is 4.47 Å². The number of hydrogen-bond donors (Lipinski definition) is 0. The monoisotopic (exact) mass is 416 g/mol. The topological polar surface area (TPSA) is 34.1 Å². The van der Waals surface area contributed by atoms with Gasteiger partial charge < -0.3 is 0 Å². The molecule has 0 atom stereocenters. The van der Waals surface area contributed by atoms with Gasteiger partial charge in [0.2, 0.25) is 0 Å². The van der Waals surface area contributed by atoms with Gasteiger partial charge in [0.1, 0.15) is 0 Å². The second-order valence-electron chi connectivity index (χ2n) is 3.03. The molecule has 0 N–H and O–H groups in total. The Hall–Kier alpha value is 0.01000. The lowest BCUT2D eigenvalue weighted by atomic mass is 10.4. The Morgan fingerprint density at radius 1 is 1.10 bits per heavy atom. The minimum Gasteiger partial charge on any atom is -0.206 e. The Kier molecular flexibility index (Phi) is 7.33. The van der Waals surface area contributed by atoms with Crippen LogP contribution in [-0.2, 0) is 9.05 Å². The van der Waals surface area contributed by atoms with Gasteiger partial charge in [0, 0.05) is 20.1 Å². The number of rotatable bonds is 4. The summed E-state index contributed by atoms with van der Waals surface area (Å²) >= 11 is 2.46. The molecule has 1 aromatic carbocycles. The van der Waals surface area contributed by atoms with E-state index in [1.165, 1.54) is 12.1 Å². The second kappa shape index (κ2) is 7.33. The van der Waals surface area contributed by atoms with Crippen molar-refractivity contribution in [3.8, 4) is 0 Å². The van der Waals surface area contributed by atoms with Crippen LogP contribution in [0.4, 0.5) is 17.6 Å². The van der Waals surface area contributed by atoms with Gasteiger partial charge in [-0.3, -0.25) is 0 Å². The van der Waals surface area contributed by atoms with Crippen LogP contribution in [0, 0.1) is 0 Å². The third-order valence-corrected chi connectivity index (χ3v) is 4.83. The van der Waals surface area contributed by atoms with Crippen LogP contribution in [0.1, 0.15) is 13.8 Å². The molecule has 0 amide bonds. The normalized spacial score (nSPS) is 12.6. The highest BCUT2D eigenvalue weighted by Gasteiger charge is 2.66. The SMILES string of the molecule is CC.O=S(=O)(Cl)C(F)(F)C(F)(F)Sc1ccc(Br)cc1. The van der Waals surface area contributed by atoms with Crippen molar-refractivity contribution in [1.82, 2.24) is 0 Å². The molecule has 116 valence electrons. The zero-order valence-electron chi connectivity index (χ0n) is 10.2. The van der Waals surface area contributed by atoms with Crippen LogP contribution < -0.4 is 0 Å². The van der Waals surface area contributed by atoms with Gasteiger partial charge in [-0.2, -0.15) is 17.6 Å². The predicted molar refractivity (Wildman–Crippen MR) is 76.0 cm³/mol. The molecule has 1 rings (SSSR count). The fourth-order valence-electron chi connectivity index (χ4n) is 0.852. The lowest BCUT2D eigenvalue weighted by Gasteiger charge is -2.22. The summed E-state index contributed by atoms with van der Waals surface area (Å²) in [6.07, 6.45) is 0. The molecule has 2 nitrogen and oxygen atoms in total. The highest BCUT2D eigenvalue weighted by atomic mass is 79.9. The van der Waals surface area contributed by atoms with Crippen molar-refractivity contribution in [2.75, 3.05) is 0 Å². The summed E-state index contributed by atoms with van der Waals surface area (Å²) in [5.41, 5.74) is 0. The maximum absolute atomic E-state index is 13.2. The highest BCUT2D eigenvalue weighted by Crippen LogP contribution is 2.50. The van der Waals surface area contributed by atoms with Crippen molar-refractivity contribution in [3.05, 3.63) is 28.7 Å². The van der Waals surface area contributed by atoms with E-state index in [4.69, 9.17) is 0 Å². The van der Waals surface area contributed by atoms with Crippen LogP contribution in [0.3, 0.4) is 0 Å². The summed E-state index contributed by atoms with van der Waals surface area (Å²) < 4.78 is 73.9. The smallest absolute Gasteiger partial charge is 0.206 e. The van der Waals surface area contributed by atoms with Gasteiger partial charge in [0.05, 0.1) is 0 Å². The highest BCUT2D eigenvalue weighted by molar-refractivity contribution is 9.10. The van der Waals surface area contributed by atoms with Crippen LogP contribution in [0.25, 0.3) is 0 Å². The molecule has 0 spiro atoms. The van der Waals surface area contributed by atoms with Gasteiger partial charge >= 0.3 is 19.6 Å². The minimum atomic E-state index is -5.73. The van der Waals surface area contributed by atoms with Gasteiger partial charge in [0.15, 0.2) is 0 Å².